The van der Waals surface area contributed by atoms with E-state index in [4.69, 9.17) is 5.84 Å². The predicted molar refractivity (Wildman–Crippen MR) is 55.9 cm³/mol. The maximum absolute atomic E-state index is 11.4. The second-order valence-corrected chi connectivity index (χ2v) is 3.94. The van der Waals surface area contributed by atoms with Gasteiger partial charge in [-0.25, -0.2) is 10.8 Å². The Bertz CT molecular complexity index is 371. The fraction of sp³-hybridized carbons (Fsp3) is 0.600. The summed E-state index contributed by atoms with van der Waals surface area (Å²) in [5.41, 5.74) is 4.50. The number of imidazole rings is 1. The number of hydrazine groups is 1. The Morgan fingerprint density at radius 1 is 1.60 bits per heavy atom. The standard InChI is InChI=1S/C10H16N4O/c1-7(10(15)13-11)14-6-12-8-4-2-3-5-9(8)14/h6-7H,2-5,11H2,1H3,(H,13,15). The highest BCUT2D eigenvalue weighted by atomic mass is 16.2. The highest BCUT2D eigenvalue weighted by Gasteiger charge is 2.21. The van der Waals surface area contributed by atoms with Crippen molar-refractivity contribution in [3.63, 3.8) is 0 Å². The van der Waals surface area contributed by atoms with Crippen LogP contribution in [0.2, 0.25) is 0 Å². The maximum Gasteiger partial charge on any atom is 0.256 e. The van der Waals surface area contributed by atoms with Gasteiger partial charge in [-0.05, 0) is 32.6 Å². The van der Waals surface area contributed by atoms with Crippen LogP contribution in [0.25, 0.3) is 0 Å². The Labute approximate surface area is 88.6 Å². The molecule has 1 heterocycles. The lowest BCUT2D eigenvalue weighted by Crippen LogP contribution is -2.36. The molecule has 5 nitrogen and oxygen atoms in total. The van der Waals surface area contributed by atoms with E-state index in [0.29, 0.717) is 0 Å². The first-order chi connectivity index (χ1) is 7.24. The van der Waals surface area contributed by atoms with Crippen LogP contribution in [0.15, 0.2) is 6.33 Å². The molecule has 1 amide bonds. The smallest absolute Gasteiger partial charge is 0.256 e. The van der Waals surface area contributed by atoms with Crippen molar-refractivity contribution in [3.8, 4) is 0 Å². The summed E-state index contributed by atoms with van der Waals surface area (Å²) in [6.45, 7) is 1.83. The zero-order chi connectivity index (χ0) is 10.8. The van der Waals surface area contributed by atoms with Gasteiger partial charge in [-0.3, -0.25) is 10.2 Å². The molecule has 0 fully saturated rings. The number of carbonyl (C=O) groups is 1. The average molecular weight is 208 g/mol. The highest BCUT2D eigenvalue weighted by Crippen LogP contribution is 2.22. The molecule has 0 bridgehead atoms. The fourth-order valence-electron chi connectivity index (χ4n) is 2.07. The first kappa shape index (κ1) is 10.2. The van der Waals surface area contributed by atoms with Crippen LogP contribution in [0.3, 0.4) is 0 Å². The quantitative estimate of drug-likeness (QED) is 0.417. The van der Waals surface area contributed by atoms with Gasteiger partial charge in [0, 0.05) is 5.69 Å². The number of nitrogens with two attached hydrogens (primary N) is 1. The second kappa shape index (κ2) is 4.02. The monoisotopic (exact) mass is 208 g/mol. The Kier molecular flexibility index (Phi) is 2.73. The summed E-state index contributed by atoms with van der Waals surface area (Å²) in [5.74, 6) is 4.94. The molecule has 0 aliphatic heterocycles. The number of fused-ring (bicyclic) bond motifs is 1. The van der Waals surface area contributed by atoms with E-state index in [2.05, 4.69) is 10.4 Å². The lowest BCUT2D eigenvalue weighted by Gasteiger charge is -2.18. The number of hydrogen-bond donors (Lipinski definition) is 2. The highest BCUT2D eigenvalue weighted by molar-refractivity contribution is 5.79. The number of rotatable bonds is 2. The third-order valence-electron chi connectivity index (χ3n) is 3.00. The Morgan fingerprint density at radius 2 is 2.33 bits per heavy atom. The molecule has 1 aliphatic rings. The van der Waals surface area contributed by atoms with E-state index in [9.17, 15) is 4.79 Å². The number of hydrogen-bond acceptors (Lipinski definition) is 3. The summed E-state index contributed by atoms with van der Waals surface area (Å²) in [7, 11) is 0. The maximum atomic E-state index is 11.4. The van der Waals surface area contributed by atoms with Gasteiger partial charge in [0.2, 0.25) is 0 Å². The predicted octanol–water partition coefficient (Wildman–Crippen LogP) is 0.313. The molecule has 0 aromatic carbocycles. The SMILES string of the molecule is CC(C(=O)NN)n1cnc2c1CCCC2. The van der Waals surface area contributed by atoms with Gasteiger partial charge in [-0.1, -0.05) is 0 Å². The molecular weight excluding hydrogens is 192 g/mol. The topological polar surface area (TPSA) is 72.9 Å². The summed E-state index contributed by atoms with van der Waals surface area (Å²) >= 11 is 0. The summed E-state index contributed by atoms with van der Waals surface area (Å²) in [4.78, 5) is 15.7. The molecule has 0 spiro atoms. The van der Waals surface area contributed by atoms with Crippen molar-refractivity contribution >= 4 is 5.91 Å². The minimum atomic E-state index is -0.274. The van der Waals surface area contributed by atoms with E-state index < -0.39 is 0 Å². The van der Waals surface area contributed by atoms with E-state index in [1.165, 1.54) is 18.5 Å². The van der Waals surface area contributed by atoms with Crippen LogP contribution < -0.4 is 11.3 Å². The lowest BCUT2D eigenvalue weighted by molar-refractivity contribution is -0.124. The van der Waals surface area contributed by atoms with E-state index in [1.807, 2.05) is 11.5 Å². The molecule has 15 heavy (non-hydrogen) atoms. The fourth-order valence-corrected chi connectivity index (χ4v) is 2.07. The summed E-state index contributed by atoms with van der Waals surface area (Å²) in [6.07, 6.45) is 6.16. The van der Waals surface area contributed by atoms with Crippen LogP contribution in [0.5, 0.6) is 0 Å². The summed E-state index contributed by atoms with van der Waals surface area (Å²) in [6, 6.07) is -0.274. The number of aryl methyl sites for hydroxylation is 1. The van der Waals surface area contributed by atoms with Crippen molar-refractivity contribution in [1.82, 2.24) is 15.0 Å². The van der Waals surface area contributed by atoms with E-state index >= 15 is 0 Å². The molecule has 2 rings (SSSR count). The van der Waals surface area contributed by atoms with Gasteiger partial charge in [0.15, 0.2) is 0 Å². The molecule has 1 atom stereocenters. The van der Waals surface area contributed by atoms with Gasteiger partial charge in [-0.2, -0.15) is 0 Å². The van der Waals surface area contributed by atoms with Gasteiger partial charge in [0.05, 0.1) is 12.0 Å². The molecule has 0 radical (unpaired) electrons. The average Bonchev–Trinajstić information content (AvgIpc) is 2.70. The van der Waals surface area contributed by atoms with Gasteiger partial charge in [0.1, 0.15) is 6.04 Å². The molecule has 1 aromatic rings. The molecule has 82 valence electrons. The molecule has 5 heteroatoms. The van der Waals surface area contributed by atoms with E-state index in [0.717, 1.165) is 18.5 Å². The normalized spacial score (nSPS) is 16.9. The van der Waals surface area contributed by atoms with Crippen LogP contribution in [-0.4, -0.2) is 15.5 Å². The first-order valence-electron chi connectivity index (χ1n) is 5.29. The summed E-state index contributed by atoms with van der Waals surface area (Å²) < 4.78 is 1.93. The zero-order valence-corrected chi connectivity index (χ0v) is 8.86. The number of nitrogens with zero attached hydrogens (tertiary/aromatic N) is 2. The first-order valence-corrected chi connectivity index (χ1v) is 5.29. The third-order valence-corrected chi connectivity index (χ3v) is 3.00. The summed E-state index contributed by atoms with van der Waals surface area (Å²) in [5, 5.41) is 0. The van der Waals surface area contributed by atoms with Gasteiger partial charge in [-0.15, -0.1) is 0 Å². The molecule has 1 aromatic heterocycles. The van der Waals surface area contributed by atoms with Crippen molar-refractivity contribution in [1.29, 1.82) is 0 Å². The molecular formula is C10H16N4O. The van der Waals surface area contributed by atoms with Gasteiger partial charge in [0.25, 0.3) is 5.91 Å². The lowest BCUT2D eigenvalue weighted by atomic mass is 10.0. The van der Waals surface area contributed by atoms with E-state index in [-0.39, 0.29) is 11.9 Å². The van der Waals surface area contributed by atoms with Gasteiger partial charge >= 0.3 is 0 Å². The molecule has 1 aliphatic carbocycles. The van der Waals surface area contributed by atoms with Crippen LogP contribution in [0.1, 0.15) is 37.2 Å². The zero-order valence-electron chi connectivity index (χ0n) is 8.86. The number of amides is 1. The van der Waals surface area contributed by atoms with Crippen LogP contribution in [-0.2, 0) is 17.6 Å². The largest absolute Gasteiger partial charge is 0.322 e. The van der Waals surface area contributed by atoms with Crippen molar-refractivity contribution in [3.05, 3.63) is 17.7 Å². The van der Waals surface area contributed by atoms with Crippen molar-refractivity contribution in [2.45, 2.75) is 38.6 Å². The third kappa shape index (κ3) is 1.74. The molecule has 3 N–H and O–H groups in total. The Balaban J connectivity index is 2.28. The minimum Gasteiger partial charge on any atom is -0.322 e. The number of carbonyl (C=O) groups excluding carboxylic acids is 1. The van der Waals surface area contributed by atoms with Crippen molar-refractivity contribution < 1.29 is 4.79 Å². The minimum absolute atomic E-state index is 0.180. The van der Waals surface area contributed by atoms with Gasteiger partial charge < -0.3 is 4.57 Å². The Morgan fingerprint density at radius 3 is 3.07 bits per heavy atom. The number of aromatic nitrogens is 2. The molecule has 0 saturated heterocycles. The van der Waals surface area contributed by atoms with Crippen molar-refractivity contribution in [2.75, 3.05) is 0 Å². The van der Waals surface area contributed by atoms with Crippen LogP contribution in [0.4, 0.5) is 0 Å². The molecule has 0 saturated carbocycles. The Hall–Kier alpha value is -1.36. The van der Waals surface area contributed by atoms with Crippen LogP contribution >= 0.6 is 0 Å². The number of nitrogens with one attached hydrogen (secondary N) is 1. The van der Waals surface area contributed by atoms with E-state index in [1.54, 1.807) is 6.33 Å². The van der Waals surface area contributed by atoms with Crippen molar-refractivity contribution in [2.24, 2.45) is 5.84 Å². The van der Waals surface area contributed by atoms with Crippen LogP contribution in [0, 0.1) is 0 Å². The second-order valence-electron chi connectivity index (χ2n) is 3.94. The molecule has 1 unspecified atom stereocenters.